The Morgan fingerprint density at radius 1 is 1.06 bits per heavy atom. The van der Waals surface area contributed by atoms with Gasteiger partial charge in [0, 0.05) is 6.42 Å². The molecule has 2 aliphatic heterocycles. The molecule has 2 atom stereocenters. The molecule has 0 aliphatic carbocycles. The van der Waals surface area contributed by atoms with Crippen LogP contribution >= 0.6 is 0 Å². The van der Waals surface area contributed by atoms with E-state index < -0.39 is 0 Å². The van der Waals surface area contributed by atoms with Gasteiger partial charge in [0.05, 0.1) is 32.0 Å². The van der Waals surface area contributed by atoms with Crippen molar-refractivity contribution >= 4 is 17.6 Å². The largest absolute Gasteiger partial charge is 0.497 e. The van der Waals surface area contributed by atoms with E-state index >= 15 is 0 Å². The summed E-state index contributed by atoms with van der Waals surface area (Å²) in [6.07, 6.45) is 3.27. The van der Waals surface area contributed by atoms with Crippen LogP contribution in [-0.2, 0) is 14.3 Å². The molecule has 7 nitrogen and oxygen atoms in total. The highest BCUT2D eigenvalue weighted by atomic mass is 16.5. The molecule has 0 unspecified atom stereocenters. The third kappa shape index (κ3) is 5.25. The van der Waals surface area contributed by atoms with E-state index in [4.69, 9.17) is 14.6 Å². The minimum absolute atomic E-state index is 0.113. The number of rotatable bonds is 7. The minimum Gasteiger partial charge on any atom is -0.497 e. The fourth-order valence-corrected chi connectivity index (χ4v) is 4.56. The molecule has 2 aromatic carbocycles. The minimum atomic E-state index is -0.373. The summed E-state index contributed by atoms with van der Waals surface area (Å²) in [5.41, 5.74) is 2.89. The summed E-state index contributed by atoms with van der Waals surface area (Å²) in [7, 11) is 1.63. The zero-order chi connectivity index (χ0) is 23.2. The van der Waals surface area contributed by atoms with Crippen LogP contribution in [0.25, 0.3) is 0 Å². The van der Waals surface area contributed by atoms with E-state index in [1.807, 2.05) is 59.5 Å². The first kappa shape index (κ1) is 23.0. The summed E-state index contributed by atoms with van der Waals surface area (Å²) in [6.45, 7) is 2.99. The molecule has 33 heavy (non-hydrogen) atoms. The molecular weight excluding hydrogens is 418 g/mol. The zero-order valence-electron chi connectivity index (χ0n) is 19.3. The van der Waals surface area contributed by atoms with Crippen LogP contribution in [0.3, 0.4) is 0 Å². The maximum atomic E-state index is 13.5. The molecule has 4 rings (SSSR count). The van der Waals surface area contributed by atoms with Gasteiger partial charge in [-0.05, 0) is 49.6 Å². The highest BCUT2D eigenvalue weighted by Crippen LogP contribution is 2.34. The summed E-state index contributed by atoms with van der Waals surface area (Å²) < 4.78 is 10.6. The number of carbonyl (C=O) groups is 2. The molecule has 0 N–H and O–H groups in total. The van der Waals surface area contributed by atoms with Gasteiger partial charge in [-0.1, -0.05) is 48.9 Å². The molecule has 1 amide bonds. The van der Waals surface area contributed by atoms with Crippen molar-refractivity contribution in [2.24, 2.45) is 5.10 Å². The lowest BCUT2D eigenvalue weighted by molar-refractivity contribution is -0.152. The van der Waals surface area contributed by atoms with Crippen LogP contribution in [0.2, 0.25) is 0 Å². The maximum absolute atomic E-state index is 13.5. The van der Waals surface area contributed by atoms with Gasteiger partial charge in [-0.25, -0.2) is 5.01 Å². The van der Waals surface area contributed by atoms with Crippen LogP contribution < -0.4 is 4.74 Å². The van der Waals surface area contributed by atoms with E-state index in [9.17, 15) is 9.59 Å². The third-order valence-corrected chi connectivity index (χ3v) is 6.28. The normalized spacial score (nSPS) is 20.9. The standard InChI is InChI=1S/C26H31N3O4/c1-3-33-26(31)23-11-7-8-16-28(23)18-25(30)29-24(20-12-14-21(32-2)15-13-20)17-22(27-29)19-9-5-4-6-10-19/h4-6,9-10,12-15,23-24H,3,7-8,11,16-18H2,1-2H3/t23-,24+/m0/s1. The predicted octanol–water partition coefficient (Wildman–Crippen LogP) is 3.79. The number of likely N-dealkylation sites (tertiary alicyclic amines) is 1. The Morgan fingerprint density at radius 2 is 1.82 bits per heavy atom. The number of carbonyl (C=O) groups excluding carboxylic acids is 2. The Bertz CT molecular complexity index is 990. The third-order valence-electron chi connectivity index (χ3n) is 6.28. The number of methoxy groups -OCH3 is 1. The number of hydrogen-bond donors (Lipinski definition) is 0. The molecule has 0 spiro atoms. The van der Waals surface area contributed by atoms with Crippen molar-refractivity contribution in [3.8, 4) is 5.75 Å². The predicted molar refractivity (Wildman–Crippen MR) is 126 cm³/mol. The lowest BCUT2D eigenvalue weighted by Gasteiger charge is -2.34. The van der Waals surface area contributed by atoms with Crippen LogP contribution in [0.1, 0.15) is 49.8 Å². The first-order valence-electron chi connectivity index (χ1n) is 11.6. The van der Waals surface area contributed by atoms with Crippen molar-refractivity contribution in [3.63, 3.8) is 0 Å². The first-order chi connectivity index (χ1) is 16.1. The molecule has 0 aromatic heterocycles. The number of amides is 1. The van der Waals surface area contributed by atoms with Gasteiger partial charge in [-0.2, -0.15) is 5.10 Å². The van der Waals surface area contributed by atoms with E-state index in [-0.39, 0.29) is 30.5 Å². The number of esters is 1. The lowest BCUT2D eigenvalue weighted by atomic mass is 9.98. The van der Waals surface area contributed by atoms with E-state index in [0.29, 0.717) is 26.0 Å². The monoisotopic (exact) mass is 449 g/mol. The van der Waals surface area contributed by atoms with E-state index in [0.717, 1.165) is 35.4 Å². The van der Waals surface area contributed by atoms with Gasteiger partial charge in [0.15, 0.2) is 0 Å². The zero-order valence-corrected chi connectivity index (χ0v) is 19.3. The molecular formula is C26H31N3O4. The highest BCUT2D eigenvalue weighted by molar-refractivity contribution is 6.03. The summed E-state index contributed by atoms with van der Waals surface area (Å²) in [6, 6.07) is 17.1. The molecule has 2 aliphatic rings. The second-order valence-corrected chi connectivity index (χ2v) is 8.38. The molecule has 1 fully saturated rings. The van der Waals surface area contributed by atoms with Crippen molar-refractivity contribution < 1.29 is 19.1 Å². The molecule has 0 bridgehead atoms. The van der Waals surface area contributed by atoms with Gasteiger partial charge in [0.25, 0.3) is 5.91 Å². The Morgan fingerprint density at radius 3 is 2.52 bits per heavy atom. The van der Waals surface area contributed by atoms with Crippen molar-refractivity contribution in [2.45, 2.75) is 44.7 Å². The number of hydrogen-bond acceptors (Lipinski definition) is 6. The second-order valence-electron chi connectivity index (χ2n) is 8.38. The molecule has 0 radical (unpaired) electrons. The van der Waals surface area contributed by atoms with E-state index in [1.165, 1.54) is 0 Å². The summed E-state index contributed by atoms with van der Waals surface area (Å²) in [5, 5.41) is 6.35. The van der Waals surface area contributed by atoms with Crippen molar-refractivity contribution in [1.82, 2.24) is 9.91 Å². The van der Waals surface area contributed by atoms with Crippen molar-refractivity contribution in [1.29, 1.82) is 0 Å². The molecule has 2 aromatic rings. The Hall–Kier alpha value is -3.19. The summed E-state index contributed by atoms with van der Waals surface area (Å²) >= 11 is 0. The van der Waals surface area contributed by atoms with Gasteiger partial charge < -0.3 is 9.47 Å². The molecule has 0 saturated carbocycles. The lowest BCUT2D eigenvalue weighted by Crippen LogP contribution is -2.49. The number of benzene rings is 2. The van der Waals surface area contributed by atoms with Gasteiger partial charge in [0.1, 0.15) is 11.8 Å². The summed E-state index contributed by atoms with van der Waals surface area (Å²) in [5.74, 6) is 0.411. The first-order valence-corrected chi connectivity index (χ1v) is 11.6. The Balaban J connectivity index is 1.58. The highest BCUT2D eigenvalue weighted by Gasteiger charge is 2.37. The Kier molecular flexibility index (Phi) is 7.40. The Labute approximate surface area is 195 Å². The summed E-state index contributed by atoms with van der Waals surface area (Å²) in [4.78, 5) is 27.9. The quantitative estimate of drug-likeness (QED) is 0.602. The fourth-order valence-electron chi connectivity index (χ4n) is 4.56. The van der Waals surface area contributed by atoms with Crippen LogP contribution in [0.5, 0.6) is 5.75 Å². The second kappa shape index (κ2) is 10.6. The topological polar surface area (TPSA) is 71.4 Å². The number of piperidine rings is 1. The van der Waals surface area contributed by atoms with E-state index in [2.05, 4.69) is 0 Å². The van der Waals surface area contributed by atoms with Crippen LogP contribution in [0, 0.1) is 0 Å². The van der Waals surface area contributed by atoms with Crippen LogP contribution in [-0.4, -0.2) is 60.3 Å². The fraction of sp³-hybridized carbons (Fsp3) is 0.423. The smallest absolute Gasteiger partial charge is 0.323 e. The number of ether oxygens (including phenoxy) is 2. The van der Waals surface area contributed by atoms with Crippen molar-refractivity contribution in [3.05, 3.63) is 65.7 Å². The van der Waals surface area contributed by atoms with Gasteiger partial charge in [0.2, 0.25) is 0 Å². The van der Waals surface area contributed by atoms with Gasteiger partial charge >= 0.3 is 5.97 Å². The van der Waals surface area contributed by atoms with Crippen LogP contribution in [0.4, 0.5) is 0 Å². The number of hydrazone groups is 1. The van der Waals surface area contributed by atoms with Gasteiger partial charge in [-0.3, -0.25) is 14.5 Å². The van der Waals surface area contributed by atoms with E-state index in [1.54, 1.807) is 19.0 Å². The van der Waals surface area contributed by atoms with Gasteiger partial charge in [-0.15, -0.1) is 0 Å². The molecule has 174 valence electrons. The maximum Gasteiger partial charge on any atom is 0.323 e. The average molecular weight is 450 g/mol. The molecule has 1 saturated heterocycles. The molecule has 2 heterocycles. The van der Waals surface area contributed by atoms with Crippen LogP contribution in [0.15, 0.2) is 59.7 Å². The molecule has 7 heteroatoms. The van der Waals surface area contributed by atoms with Crippen molar-refractivity contribution in [2.75, 3.05) is 26.8 Å². The average Bonchev–Trinajstić information content (AvgIpc) is 3.31. The number of nitrogens with zero attached hydrogens (tertiary/aromatic N) is 3. The SMILES string of the molecule is CCOC(=O)[C@@H]1CCCCN1CC(=O)N1N=C(c2ccccc2)C[C@@H]1c1ccc(OC)cc1.